The van der Waals surface area contributed by atoms with Crippen molar-refractivity contribution in [3.8, 4) is 0 Å². The van der Waals surface area contributed by atoms with Crippen LogP contribution >= 0.6 is 0 Å². The van der Waals surface area contributed by atoms with Crippen molar-refractivity contribution < 1.29 is 9.53 Å². The van der Waals surface area contributed by atoms with E-state index in [2.05, 4.69) is 0 Å². The Morgan fingerprint density at radius 3 is 2.50 bits per heavy atom. The van der Waals surface area contributed by atoms with E-state index in [4.69, 9.17) is 4.74 Å². The molecule has 0 N–H and O–H groups in total. The molecule has 1 rings (SSSR count). The number of hydrogen-bond donors (Lipinski definition) is 0. The molecule has 5 nitrogen and oxygen atoms in total. The molecular formula is C9H14N2O3. The molecule has 0 atom stereocenters. The molecule has 1 heterocycles. The monoisotopic (exact) mass is 198 g/mol. The van der Waals surface area contributed by atoms with Crippen LogP contribution < -0.4 is 5.69 Å². The molecule has 0 aliphatic carbocycles. The van der Waals surface area contributed by atoms with Crippen LogP contribution in [0.3, 0.4) is 0 Å². The van der Waals surface area contributed by atoms with Crippen LogP contribution in [0.5, 0.6) is 0 Å². The zero-order chi connectivity index (χ0) is 10.6. The summed E-state index contributed by atoms with van der Waals surface area (Å²) in [6.45, 7) is 4.53. The fourth-order valence-electron chi connectivity index (χ4n) is 1.16. The van der Waals surface area contributed by atoms with E-state index in [1.54, 1.807) is 19.3 Å². The van der Waals surface area contributed by atoms with E-state index >= 15 is 0 Å². The number of hydrogen-bond acceptors (Lipinski definition) is 3. The number of imidazole rings is 1. The summed E-state index contributed by atoms with van der Waals surface area (Å²) in [4.78, 5) is 22.5. The zero-order valence-electron chi connectivity index (χ0n) is 8.40. The van der Waals surface area contributed by atoms with Crippen molar-refractivity contribution in [2.24, 2.45) is 0 Å². The number of esters is 1. The molecule has 0 aliphatic rings. The molecule has 0 amide bonds. The number of carbonyl (C=O) groups is 1. The predicted molar refractivity (Wildman–Crippen MR) is 51.0 cm³/mol. The van der Waals surface area contributed by atoms with Gasteiger partial charge < -0.3 is 4.74 Å². The number of aryl methyl sites for hydroxylation is 1. The molecule has 78 valence electrons. The molecule has 1 aromatic heterocycles. The van der Waals surface area contributed by atoms with Crippen LogP contribution in [0.4, 0.5) is 0 Å². The van der Waals surface area contributed by atoms with E-state index in [0.717, 1.165) is 0 Å². The van der Waals surface area contributed by atoms with Crippen LogP contribution in [0.2, 0.25) is 0 Å². The summed E-state index contributed by atoms with van der Waals surface area (Å²) in [6.07, 6.45) is 3.24. The van der Waals surface area contributed by atoms with Gasteiger partial charge >= 0.3 is 11.7 Å². The van der Waals surface area contributed by atoms with Gasteiger partial charge in [-0.15, -0.1) is 0 Å². The largest absolute Gasteiger partial charge is 0.465 e. The van der Waals surface area contributed by atoms with Crippen LogP contribution in [0.25, 0.3) is 0 Å². The van der Waals surface area contributed by atoms with Crippen LogP contribution in [0.15, 0.2) is 17.2 Å². The maximum atomic E-state index is 11.5. The summed E-state index contributed by atoms with van der Waals surface area (Å²) in [5.41, 5.74) is -0.180. The van der Waals surface area contributed by atoms with Gasteiger partial charge in [-0.25, -0.2) is 4.79 Å². The van der Waals surface area contributed by atoms with Crippen molar-refractivity contribution >= 4 is 5.97 Å². The van der Waals surface area contributed by atoms with Crippen LogP contribution in [0.1, 0.15) is 13.8 Å². The molecule has 0 saturated carbocycles. The molecule has 0 aliphatic heterocycles. The summed E-state index contributed by atoms with van der Waals surface area (Å²) in [6, 6.07) is 0. The second kappa shape index (κ2) is 4.64. The normalized spacial score (nSPS) is 10.1. The van der Waals surface area contributed by atoms with Gasteiger partial charge in [-0.2, -0.15) is 0 Å². The first-order valence-corrected chi connectivity index (χ1v) is 4.60. The van der Waals surface area contributed by atoms with Gasteiger partial charge in [0.1, 0.15) is 6.54 Å². The van der Waals surface area contributed by atoms with Gasteiger partial charge in [0.05, 0.1) is 6.61 Å². The number of ether oxygens (including phenoxy) is 1. The van der Waals surface area contributed by atoms with Crippen LogP contribution in [-0.4, -0.2) is 21.7 Å². The van der Waals surface area contributed by atoms with Crippen molar-refractivity contribution in [1.29, 1.82) is 0 Å². The molecule has 0 bridgehead atoms. The maximum absolute atomic E-state index is 11.5. The second-order valence-corrected chi connectivity index (χ2v) is 2.80. The molecule has 0 saturated heterocycles. The second-order valence-electron chi connectivity index (χ2n) is 2.80. The van der Waals surface area contributed by atoms with Crippen LogP contribution in [-0.2, 0) is 22.6 Å². The number of rotatable bonds is 4. The van der Waals surface area contributed by atoms with E-state index < -0.39 is 0 Å². The van der Waals surface area contributed by atoms with Crippen molar-refractivity contribution in [2.75, 3.05) is 6.61 Å². The van der Waals surface area contributed by atoms with Crippen molar-refractivity contribution in [3.05, 3.63) is 22.9 Å². The Kier molecular flexibility index (Phi) is 3.50. The molecule has 0 spiro atoms. The average molecular weight is 198 g/mol. The highest BCUT2D eigenvalue weighted by Crippen LogP contribution is 1.87. The summed E-state index contributed by atoms with van der Waals surface area (Å²) < 4.78 is 7.60. The standard InChI is InChI=1S/C9H14N2O3/c1-3-10-5-6-11(9(10)13)7-8(12)14-4-2/h5-6H,3-4,7H2,1-2H3. The Morgan fingerprint density at radius 2 is 2.00 bits per heavy atom. The van der Waals surface area contributed by atoms with Crippen LogP contribution in [0, 0.1) is 0 Å². The summed E-state index contributed by atoms with van der Waals surface area (Å²) in [5.74, 6) is -0.386. The number of carbonyl (C=O) groups excluding carboxylic acids is 1. The average Bonchev–Trinajstić information content (AvgIpc) is 2.48. The van der Waals surface area contributed by atoms with Gasteiger partial charge in [-0.05, 0) is 13.8 Å². The highest BCUT2D eigenvalue weighted by Gasteiger charge is 2.06. The number of nitrogens with zero attached hydrogens (tertiary/aromatic N) is 2. The molecule has 1 aromatic rings. The summed E-state index contributed by atoms with van der Waals surface area (Å²) in [7, 11) is 0. The maximum Gasteiger partial charge on any atom is 0.328 e. The van der Waals surface area contributed by atoms with Gasteiger partial charge in [-0.1, -0.05) is 0 Å². The Morgan fingerprint density at radius 1 is 1.36 bits per heavy atom. The molecular weight excluding hydrogens is 184 g/mol. The van der Waals surface area contributed by atoms with E-state index in [1.807, 2.05) is 6.92 Å². The molecule has 0 fully saturated rings. The van der Waals surface area contributed by atoms with Gasteiger partial charge in [0, 0.05) is 18.9 Å². The van der Waals surface area contributed by atoms with E-state index in [0.29, 0.717) is 13.2 Å². The number of aromatic nitrogens is 2. The lowest BCUT2D eigenvalue weighted by atomic mass is 10.6. The smallest absolute Gasteiger partial charge is 0.328 e. The molecule has 0 radical (unpaired) electrons. The van der Waals surface area contributed by atoms with Crippen molar-refractivity contribution in [3.63, 3.8) is 0 Å². The minimum Gasteiger partial charge on any atom is -0.465 e. The lowest BCUT2D eigenvalue weighted by Gasteiger charge is -2.01. The third kappa shape index (κ3) is 2.25. The predicted octanol–water partition coefficient (Wildman–Crippen LogP) is 0.233. The topological polar surface area (TPSA) is 53.2 Å². The fourth-order valence-corrected chi connectivity index (χ4v) is 1.16. The Labute approximate surface area is 81.9 Å². The van der Waals surface area contributed by atoms with E-state index in [9.17, 15) is 9.59 Å². The van der Waals surface area contributed by atoms with Gasteiger partial charge in [-0.3, -0.25) is 13.9 Å². The highest BCUT2D eigenvalue weighted by molar-refractivity contribution is 5.69. The molecule has 0 aromatic carbocycles. The lowest BCUT2D eigenvalue weighted by molar-refractivity contribution is -0.143. The first-order chi connectivity index (χ1) is 6.69. The minimum absolute atomic E-state index is 0.0142. The summed E-state index contributed by atoms with van der Waals surface area (Å²) >= 11 is 0. The quantitative estimate of drug-likeness (QED) is 0.651. The first-order valence-electron chi connectivity index (χ1n) is 4.60. The van der Waals surface area contributed by atoms with Gasteiger partial charge in [0.2, 0.25) is 0 Å². The van der Waals surface area contributed by atoms with Gasteiger partial charge in [0.15, 0.2) is 0 Å². The van der Waals surface area contributed by atoms with E-state index in [1.165, 1.54) is 9.13 Å². The van der Waals surface area contributed by atoms with Gasteiger partial charge in [0.25, 0.3) is 0 Å². The molecule has 0 unspecified atom stereocenters. The van der Waals surface area contributed by atoms with Crippen molar-refractivity contribution in [1.82, 2.24) is 9.13 Å². The third-order valence-corrected chi connectivity index (χ3v) is 1.86. The Balaban J connectivity index is 2.72. The van der Waals surface area contributed by atoms with E-state index in [-0.39, 0.29) is 18.2 Å². The third-order valence-electron chi connectivity index (χ3n) is 1.86. The SMILES string of the molecule is CCOC(=O)Cn1ccn(CC)c1=O. The summed E-state index contributed by atoms with van der Waals surface area (Å²) in [5, 5.41) is 0. The Bertz CT molecular complexity index is 364. The molecule has 5 heteroatoms. The zero-order valence-corrected chi connectivity index (χ0v) is 8.40. The lowest BCUT2D eigenvalue weighted by Crippen LogP contribution is -2.27. The fraction of sp³-hybridized carbons (Fsp3) is 0.556. The Hall–Kier alpha value is -1.52. The first kappa shape index (κ1) is 10.6. The minimum atomic E-state index is -0.386. The molecule has 14 heavy (non-hydrogen) atoms. The van der Waals surface area contributed by atoms with Crippen molar-refractivity contribution in [2.45, 2.75) is 26.9 Å². The highest BCUT2D eigenvalue weighted by atomic mass is 16.5.